The molecular formula is C18H23FN4O2. The van der Waals surface area contributed by atoms with Crippen molar-refractivity contribution in [2.75, 3.05) is 18.0 Å². The van der Waals surface area contributed by atoms with Gasteiger partial charge >= 0.3 is 0 Å². The van der Waals surface area contributed by atoms with E-state index >= 15 is 0 Å². The van der Waals surface area contributed by atoms with E-state index in [1.807, 2.05) is 6.92 Å². The summed E-state index contributed by atoms with van der Waals surface area (Å²) in [5.41, 5.74) is 2.09. The first kappa shape index (κ1) is 17.4. The Labute approximate surface area is 146 Å². The van der Waals surface area contributed by atoms with E-state index in [1.165, 1.54) is 18.3 Å². The topological polar surface area (TPSA) is 70.4 Å². The first-order chi connectivity index (χ1) is 11.9. The predicted molar refractivity (Wildman–Crippen MR) is 92.9 cm³/mol. The molecule has 0 saturated carbocycles. The molecule has 0 radical (unpaired) electrons. The maximum atomic E-state index is 13.8. The van der Waals surface area contributed by atoms with Gasteiger partial charge in [-0.3, -0.25) is 9.48 Å². The van der Waals surface area contributed by atoms with E-state index < -0.39 is 0 Å². The summed E-state index contributed by atoms with van der Waals surface area (Å²) in [5.74, 6) is -0.580. The highest BCUT2D eigenvalue weighted by Gasteiger charge is 2.23. The van der Waals surface area contributed by atoms with Crippen LogP contribution >= 0.6 is 0 Å². The van der Waals surface area contributed by atoms with Crippen LogP contribution in [0.5, 0.6) is 0 Å². The van der Waals surface area contributed by atoms with Gasteiger partial charge in [0.1, 0.15) is 5.82 Å². The molecule has 1 aliphatic heterocycles. The van der Waals surface area contributed by atoms with E-state index in [9.17, 15) is 14.3 Å². The van der Waals surface area contributed by atoms with Crippen molar-refractivity contribution in [3.8, 4) is 0 Å². The molecule has 0 unspecified atom stereocenters. The zero-order chi connectivity index (χ0) is 18.0. The summed E-state index contributed by atoms with van der Waals surface area (Å²) in [5, 5.41) is 16.6. The summed E-state index contributed by atoms with van der Waals surface area (Å²) < 4.78 is 15.4. The minimum absolute atomic E-state index is 0.245. The van der Waals surface area contributed by atoms with E-state index in [0.29, 0.717) is 31.5 Å². The Bertz CT molecular complexity index is 753. The van der Waals surface area contributed by atoms with Gasteiger partial charge in [0.2, 0.25) is 0 Å². The number of benzene rings is 1. The highest BCUT2D eigenvalue weighted by molar-refractivity contribution is 5.94. The number of nitrogens with zero attached hydrogens (tertiary/aromatic N) is 3. The lowest BCUT2D eigenvalue weighted by molar-refractivity contribution is 0.0940. The maximum Gasteiger partial charge on any atom is 0.254 e. The van der Waals surface area contributed by atoms with Crippen LogP contribution in [0.3, 0.4) is 0 Å². The molecule has 6 nitrogen and oxygen atoms in total. The van der Waals surface area contributed by atoms with Gasteiger partial charge in [0.25, 0.3) is 5.91 Å². The minimum atomic E-state index is -0.356. The minimum Gasteiger partial charge on any atom is -0.393 e. The third-order valence-corrected chi connectivity index (χ3v) is 4.58. The fourth-order valence-corrected chi connectivity index (χ4v) is 3.16. The van der Waals surface area contributed by atoms with Gasteiger partial charge in [0.15, 0.2) is 0 Å². The van der Waals surface area contributed by atoms with Gasteiger partial charge in [-0.05, 0) is 38.0 Å². The fourth-order valence-electron chi connectivity index (χ4n) is 3.16. The zero-order valence-corrected chi connectivity index (χ0v) is 14.4. The van der Waals surface area contributed by atoms with E-state index in [1.54, 1.807) is 24.0 Å². The molecule has 1 saturated heterocycles. The highest BCUT2D eigenvalue weighted by Crippen LogP contribution is 2.30. The number of hydrogen-bond donors (Lipinski definition) is 2. The van der Waals surface area contributed by atoms with Crippen molar-refractivity contribution < 1.29 is 14.3 Å². The molecule has 2 N–H and O–H groups in total. The van der Waals surface area contributed by atoms with Gasteiger partial charge in [-0.2, -0.15) is 5.10 Å². The highest BCUT2D eigenvalue weighted by atomic mass is 19.1. The number of aryl methyl sites for hydroxylation is 1. The average molecular weight is 346 g/mol. The van der Waals surface area contributed by atoms with Crippen molar-refractivity contribution in [3.05, 3.63) is 47.5 Å². The number of rotatable bonds is 4. The lowest BCUT2D eigenvalue weighted by atomic mass is 10.0. The number of aliphatic hydroxyl groups is 1. The molecule has 1 amide bonds. The van der Waals surface area contributed by atoms with Crippen molar-refractivity contribution in [2.45, 2.75) is 31.9 Å². The van der Waals surface area contributed by atoms with Crippen LogP contribution in [-0.4, -0.2) is 40.0 Å². The van der Waals surface area contributed by atoms with Gasteiger partial charge < -0.3 is 15.3 Å². The first-order valence-electron chi connectivity index (χ1n) is 8.46. The van der Waals surface area contributed by atoms with Gasteiger partial charge in [-0.15, -0.1) is 0 Å². The Kier molecular flexibility index (Phi) is 5.03. The number of amides is 1. The molecule has 1 atom stereocenters. The van der Waals surface area contributed by atoms with Crippen molar-refractivity contribution in [2.24, 2.45) is 7.05 Å². The average Bonchev–Trinajstić information content (AvgIpc) is 3.02. The molecule has 0 aliphatic carbocycles. The second-order valence-electron chi connectivity index (χ2n) is 6.52. The molecule has 7 heteroatoms. The van der Waals surface area contributed by atoms with Gasteiger partial charge in [0, 0.05) is 37.6 Å². The van der Waals surface area contributed by atoms with E-state index in [-0.39, 0.29) is 23.9 Å². The Morgan fingerprint density at radius 1 is 1.40 bits per heavy atom. The van der Waals surface area contributed by atoms with Crippen LogP contribution in [0.15, 0.2) is 30.6 Å². The molecule has 3 rings (SSSR count). The van der Waals surface area contributed by atoms with Crippen LogP contribution in [0.25, 0.3) is 0 Å². The summed E-state index contributed by atoms with van der Waals surface area (Å²) in [6.07, 6.45) is 4.24. The zero-order valence-electron chi connectivity index (χ0n) is 14.4. The predicted octanol–water partition coefficient (Wildman–Crippen LogP) is 2.01. The number of piperidine rings is 1. The normalized spacial score (nSPS) is 16.7. The maximum absolute atomic E-state index is 13.8. The Balaban J connectivity index is 1.80. The summed E-state index contributed by atoms with van der Waals surface area (Å²) >= 11 is 0. The molecule has 25 heavy (non-hydrogen) atoms. The van der Waals surface area contributed by atoms with Crippen LogP contribution in [0, 0.1) is 5.82 Å². The largest absolute Gasteiger partial charge is 0.393 e. The third-order valence-electron chi connectivity index (χ3n) is 4.58. The molecule has 1 aromatic heterocycles. The van der Waals surface area contributed by atoms with Crippen LogP contribution in [-0.2, 0) is 7.05 Å². The summed E-state index contributed by atoms with van der Waals surface area (Å²) in [6.45, 7) is 3.26. The number of aromatic nitrogens is 2. The molecule has 2 aromatic rings. The second kappa shape index (κ2) is 7.23. The lowest BCUT2D eigenvalue weighted by Crippen LogP contribution is -2.37. The number of anilines is 1. The number of aliphatic hydroxyl groups excluding tert-OH is 1. The van der Waals surface area contributed by atoms with Crippen LogP contribution < -0.4 is 10.2 Å². The Hall–Kier alpha value is -2.41. The van der Waals surface area contributed by atoms with Crippen molar-refractivity contribution in [3.63, 3.8) is 0 Å². The molecule has 0 spiro atoms. The van der Waals surface area contributed by atoms with E-state index in [4.69, 9.17) is 0 Å². The fraction of sp³-hybridized carbons (Fsp3) is 0.444. The van der Waals surface area contributed by atoms with Crippen LogP contribution in [0.2, 0.25) is 0 Å². The number of carbonyl (C=O) groups is 1. The van der Waals surface area contributed by atoms with Crippen LogP contribution in [0.1, 0.15) is 41.7 Å². The standard InChI is InChI=1S/C18H23FN4O2/c1-12(21-18(25)13-10-20-22(2)11-13)16-9-14(19)3-4-17(16)23-7-5-15(24)6-8-23/h3-4,9-12,15,24H,5-8H2,1-2H3,(H,21,25)/t12-/m0/s1. The SMILES string of the molecule is C[C@H](NC(=O)c1cnn(C)c1)c1cc(F)ccc1N1CCC(O)CC1. The number of nitrogens with one attached hydrogen (secondary N) is 1. The summed E-state index contributed by atoms with van der Waals surface area (Å²) in [6, 6.07) is 4.29. The van der Waals surface area contributed by atoms with Gasteiger partial charge in [-0.25, -0.2) is 4.39 Å². The van der Waals surface area contributed by atoms with E-state index in [2.05, 4.69) is 15.3 Å². The van der Waals surface area contributed by atoms with Gasteiger partial charge in [0.05, 0.1) is 23.9 Å². The molecule has 2 heterocycles. The number of halogens is 1. The molecular weight excluding hydrogens is 323 g/mol. The monoisotopic (exact) mass is 346 g/mol. The summed E-state index contributed by atoms with van der Waals surface area (Å²) in [7, 11) is 1.75. The second-order valence-corrected chi connectivity index (χ2v) is 6.52. The number of hydrogen-bond acceptors (Lipinski definition) is 4. The van der Waals surface area contributed by atoms with Crippen LogP contribution in [0.4, 0.5) is 10.1 Å². The number of carbonyl (C=O) groups excluding carboxylic acids is 1. The molecule has 1 aromatic carbocycles. The third kappa shape index (κ3) is 3.99. The van der Waals surface area contributed by atoms with E-state index in [0.717, 1.165) is 11.3 Å². The van der Waals surface area contributed by atoms with Gasteiger partial charge in [-0.1, -0.05) is 0 Å². The Morgan fingerprint density at radius 3 is 2.76 bits per heavy atom. The van der Waals surface area contributed by atoms with Crippen molar-refractivity contribution in [1.82, 2.24) is 15.1 Å². The molecule has 0 bridgehead atoms. The Morgan fingerprint density at radius 2 is 2.12 bits per heavy atom. The quantitative estimate of drug-likeness (QED) is 0.888. The molecule has 1 fully saturated rings. The summed E-state index contributed by atoms with van der Waals surface area (Å²) in [4.78, 5) is 14.5. The lowest BCUT2D eigenvalue weighted by Gasteiger charge is -2.34. The van der Waals surface area contributed by atoms with Crippen molar-refractivity contribution >= 4 is 11.6 Å². The first-order valence-corrected chi connectivity index (χ1v) is 8.46. The smallest absolute Gasteiger partial charge is 0.254 e. The molecule has 1 aliphatic rings. The van der Waals surface area contributed by atoms with Crippen molar-refractivity contribution in [1.29, 1.82) is 0 Å². The molecule has 134 valence electrons.